The fourth-order valence-corrected chi connectivity index (χ4v) is 3.38. The lowest BCUT2D eigenvalue weighted by Gasteiger charge is -2.26. The molecule has 0 aromatic heterocycles. The van der Waals surface area contributed by atoms with Gasteiger partial charge in [-0.2, -0.15) is 0 Å². The Morgan fingerprint density at radius 2 is 1.90 bits per heavy atom. The van der Waals surface area contributed by atoms with Crippen molar-refractivity contribution in [3.8, 4) is 0 Å². The maximum Gasteiger partial charge on any atom is 0.243 e. The van der Waals surface area contributed by atoms with Gasteiger partial charge in [0.2, 0.25) is 5.91 Å². The van der Waals surface area contributed by atoms with Gasteiger partial charge in [0.15, 0.2) is 0 Å². The number of carbonyl (C=O) groups excluding carboxylic acids is 1. The van der Waals surface area contributed by atoms with E-state index in [1.165, 1.54) is 16.7 Å². The molecule has 110 valence electrons. The van der Waals surface area contributed by atoms with E-state index >= 15 is 0 Å². The predicted octanol–water partition coefficient (Wildman–Crippen LogP) is 3.59. The van der Waals surface area contributed by atoms with Crippen molar-refractivity contribution in [2.75, 3.05) is 7.05 Å². The first-order chi connectivity index (χ1) is 9.95. The van der Waals surface area contributed by atoms with Gasteiger partial charge in [0.25, 0.3) is 0 Å². The van der Waals surface area contributed by atoms with Crippen molar-refractivity contribution >= 4 is 34.8 Å². The largest absolute Gasteiger partial charge is 0.410 e. The summed E-state index contributed by atoms with van der Waals surface area (Å²) in [6.45, 7) is 3.73. The molecular weight excluding hydrogens is 284 g/mol. The van der Waals surface area contributed by atoms with Crippen LogP contribution in [0.1, 0.15) is 13.8 Å². The molecule has 0 aliphatic carbocycles. The molecule has 0 atom stereocenters. The third-order valence-electron chi connectivity index (χ3n) is 3.17. The van der Waals surface area contributed by atoms with Crippen LogP contribution in [0.4, 0.5) is 0 Å². The molecule has 2 rings (SSSR count). The van der Waals surface area contributed by atoms with E-state index in [0.717, 1.165) is 22.0 Å². The lowest BCUT2D eigenvalue weighted by Crippen LogP contribution is -2.40. The van der Waals surface area contributed by atoms with E-state index in [0.29, 0.717) is 0 Å². The van der Waals surface area contributed by atoms with Gasteiger partial charge < -0.3 is 10.1 Å². The van der Waals surface area contributed by atoms with Crippen molar-refractivity contribution in [3.05, 3.63) is 42.5 Å². The Morgan fingerprint density at radius 1 is 1.24 bits per heavy atom. The van der Waals surface area contributed by atoms with E-state index in [4.69, 9.17) is 5.21 Å². The third kappa shape index (κ3) is 3.36. The van der Waals surface area contributed by atoms with Gasteiger partial charge in [-0.3, -0.25) is 4.79 Å². The monoisotopic (exact) mass is 302 g/mol. The molecule has 4 nitrogen and oxygen atoms in total. The van der Waals surface area contributed by atoms with E-state index in [-0.39, 0.29) is 5.91 Å². The van der Waals surface area contributed by atoms with Crippen molar-refractivity contribution in [1.29, 1.82) is 0 Å². The van der Waals surface area contributed by atoms with Gasteiger partial charge in [-0.15, -0.1) is 11.8 Å². The Labute approximate surface area is 128 Å². The number of rotatable bonds is 4. The maximum absolute atomic E-state index is 12.4. The van der Waals surface area contributed by atoms with Crippen LogP contribution in [0.5, 0.6) is 0 Å². The molecule has 0 saturated heterocycles. The smallest absolute Gasteiger partial charge is 0.243 e. The summed E-state index contributed by atoms with van der Waals surface area (Å²) in [6, 6.07) is 14.2. The van der Waals surface area contributed by atoms with E-state index in [9.17, 15) is 4.79 Å². The van der Waals surface area contributed by atoms with Gasteiger partial charge >= 0.3 is 0 Å². The highest BCUT2D eigenvalue weighted by molar-refractivity contribution is 8.01. The fourth-order valence-electron chi connectivity index (χ4n) is 2.16. The molecule has 5 heteroatoms. The summed E-state index contributed by atoms with van der Waals surface area (Å²) in [4.78, 5) is 14.7. The minimum Gasteiger partial charge on any atom is -0.410 e. The van der Waals surface area contributed by atoms with E-state index in [1.807, 2.05) is 38.1 Å². The Bertz CT molecular complexity index is 678. The Morgan fingerprint density at radius 3 is 2.62 bits per heavy atom. The summed E-state index contributed by atoms with van der Waals surface area (Å²) in [7, 11) is 1.58. The van der Waals surface area contributed by atoms with Gasteiger partial charge in [-0.1, -0.05) is 41.6 Å². The Kier molecular flexibility index (Phi) is 4.53. The average Bonchev–Trinajstić information content (AvgIpc) is 2.47. The first-order valence-corrected chi connectivity index (χ1v) is 7.39. The summed E-state index contributed by atoms with van der Waals surface area (Å²) < 4.78 is -0.667. The third-order valence-corrected chi connectivity index (χ3v) is 4.44. The normalized spacial score (nSPS) is 12.0. The molecule has 0 fully saturated rings. The zero-order valence-electron chi connectivity index (χ0n) is 12.3. The molecular formula is C16H18N2O2S. The van der Waals surface area contributed by atoms with Crippen LogP contribution in [0.2, 0.25) is 0 Å². The van der Waals surface area contributed by atoms with Gasteiger partial charge in [-0.05, 0) is 30.7 Å². The van der Waals surface area contributed by atoms with Crippen molar-refractivity contribution in [1.82, 2.24) is 4.90 Å². The molecule has 21 heavy (non-hydrogen) atoms. The van der Waals surface area contributed by atoms with Gasteiger partial charge in [0.1, 0.15) is 6.34 Å². The SMILES string of the molecule is CN(C=NO)C(=O)C(C)(C)Sc1cccc2ccccc12. The van der Waals surface area contributed by atoms with Crippen molar-refractivity contribution in [3.63, 3.8) is 0 Å². The standard InChI is InChI=1S/C16H18N2O2S/c1-16(2,15(19)18(3)11-17-20)21-14-10-6-8-12-7-4-5-9-13(12)14/h4-11,20H,1-3H3. The van der Waals surface area contributed by atoms with Gasteiger partial charge in [-0.25, -0.2) is 0 Å². The molecule has 1 N–H and O–H groups in total. The first kappa shape index (κ1) is 15.4. The number of fused-ring (bicyclic) bond motifs is 1. The number of carbonyl (C=O) groups is 1. The van der Waals surface area contributed by atoms with Crippen molar-refractivity contribution in [2.45, 2.75) is 23.5 Å². The highest BCUT2D eigenvalue weighted by Gasteiger charge is 2.31. The molecule has 0 aliphatic heterocycles. The van der Waals surface area contributed by atoms with E-state index in [2.05, 4.69) is 23.4 Å². The van der Waals surface area contributed by atoms with Crippen LogP contribution in [0.25, 0.3) is 10.8 Å². The summed E-state index contributed by atoms with van der Waals surface area (Å²) in [6.07, 6.45) is 1.10. The average molecular weight is 302 g/mol. The molecule has 0 aliphatic rings. The second-order valence-corrected chi connectivity index (χ2v) is 6.90. The maximum atomic E-state index is 12.4. The van der Waals surface area contributed by atoms with Crippen molar-refractivity contribution in [2.24, 2.45) is 5.16 Å². The molecule has 0 bridgehead atoms. The summed E-state index contributed by atoms with van der Waals surface area (Å²) in [5, 5.41) is 13.7. The fraction of sp³-hybridized carbons (Fsp3) is 0.250. The van der Waals surface area contributed by atoms with Crippen LogP contribution in [0, 0.1) is 0 Å². The lowest BCUT2D eigenvalue weighted by atomic mass is 10.1. The zero-order valence-corrected chi connectivity index (χ0v) is 13.1. The predicted molar refractivity (Wildman–Crippen MR) is 86.9 cm³/mol. The molecule has 0 spiro atoms. The molecule has 1 amide bonds. The van der Waals surface area contributed by atoms with E-state index < -0.39 is 4.75 Å². The summed E-state index contributed by atoms with van der Waals surface area (Å²) >= 11 is 1.50. The molecule has 0 radical (unpaired) electrons. The molecule has 2 aromatic carbocycles. The van der Waals surface area contributed by atoms with E-state index in [1.54, 1.807) is 7.05 Å². The summed E-state index contributed by atoms with van der Waals surface area (Å²) in [5.41, 5.74) is 0. The number of hydrogen-bond donors (Lipinski definition) is 1. The Balaban J connectivity index is 2.32. The number of oxime groups is 1. The summed E-state index contributed by atoms with van der Waals surface area (Å²) in [5.74, 6) is -0.127. The quantitative estimate of drug-likeness (QED) is 0.309. The second kappa shape index (κ2) is 6.18. The van der Waals surface area contributed by atoms with Crippen LogP contribution in [0.15, 0.2) is 52.5 Å². The molecule has 0 unspecified atom stereocenters. The topological polar surface area (TPSA) is 52.9 Å². The minimum absolute atomic E-state index is 0.127. The van der Waals surface area contributed by atoms with Crippen LogP contribution in [-0.4, -0.2) is 34.1 Å². The van der Waals surface area contributed by atoms with Crippen LogP contribution >= 0.6 is 11.8 Å². The number of thioether (sulfide) groups is 1. The van der Waals surface area contributed by atoms with Crippen LogP contribution < -0.4 is 0 Å². The second-order valence-electron chi connectivity index (χ2n) is 5.24. The minimum atomic E-state index is -0.667. The molecule has 0 heterocycles. The number of benzene rings is 2. The van der Waals surface area contributed by atoms with Crippen molar-refractivity contribution < 1.29 is 10.0 Å². The molecule has 0 saturated carbocycles. The van der Waals surface area contributed by atoms with Crippen LogP contribution in [0.3, 0.4) is 0 Å². The highest BCUT2D eigenvalue weighted by atomic mass is 32.2. The van der Waals surface area contributed by atoms with Crippen LogP contribution in [-0.2, 0) is 4.79 Å². The molecule has 2 aromatic rings. The zero-order chi connectivity index (χ0) is 15.5. The first-order valence-electron chi connectivity index (χ1n) is 6.57. The highest BCUT2D eigenvalue weighted by Crippen LogP contribution is 2.37. The Hall–Kier alpha value is -2.01. The number of nitrogens with zero attached hydrogens (tertiary/aromatic N) is 2. The lowest BCUT2D eigenvalue weighted by molar-refractivity contribution is -0.127. The number of hydrogen-bond acceptors (Lipinski definition) is 4. The number of amides is 1. The van der Waals surface area contributed by atoms with Gasteiger partial charge in [0, 0.05) is 11.9 Å². The van der Waals surface area contributed by atoms with Gasteiger partial charge in [0.05, 0.1) is 4.75 Å².